The summed E-state index contributed by atoms with van der Waals surface area (Å²) in [5, 5.41) is 0. The van der Waals surface area contributed by atoms with E-state index >= 15 is 0 Å². The highest BCUT2D eigenvalue weighted by Crippen LogP contribution is 2.58. The predicted molar refractivity (Wildman–Crippen MR) is 68.0 cm³/mol. The molecule has 1 heterocycles. The van der Waals surface area contributed by atoms with Crippen LogP contribution in [0.25, 0.3) is 0 Å². The molecule has 3 rings (SSSR count). The average molecular weight is 250 g/mol. The van der Waals surface area contributed by atoms with Crippen LogP contribution in [0.3, 0.4) is 0 Å². The molecule has 1 saturated carbocycles. The first-order chi connectivity index (χ1) is 8.48. The van der Waals surface area contributed by atoms with Crippen molar-refractivity contribution in [3.05, 3.63) is 11.6 Å². The number of carbonyl (C=O) groups is 1. The summed E-state index contributed by atoms with van der Waals surface area (Å²) in [6, 6.07) is 0. The summed E-state index contributed by atoms with van der Waals surface area (Å²) in [5.74, 6) is 0.596. The van der Waals surface area contributed by atoms with Crippen molar-refractivity contribution in [2.45, 2.75) is 45.8 Å². The Morgan fingerprint density at radius 3 is 2.67 bits per heavy atom. The van der Waals surface area contributed by atoms with Crippen LogP contribution in [0.4, 0.5) is 0 Å². The summed E-state index contributed by atoms with van der Waals surface area (Å²) in [6.07, 6.45) is 4.49. The van der Waals surface area contributed by atoms with E-state index in [2.05, 4.69) is 20.8 Å². The maximum absolute atomic E-state index is 11.9. The first kappa shape index (κ1) is 12.4. The van der Waals surface area contributed by atoms with Crippen molar-refractivity contribution in [2.24, 2.45) is 17.3 Å². The highest BCUT2D eigenvalue weighted by molar-refractivity contribution is 5.92. The second kappa shape index (κ2) is 3.91. The van der Waals surface area contributed by atoms with E-state index in [4.69, 9.17) is 9.47 Å². The smallest absolute Gasteiger partial charge is 0.171 e. The molecule has 0 aromatic rings. The Hall–Kier alpha value is -0.670. The van der Waals surface area contributed by atoms with Crippen LogP contribution >= 0.6 is 0 Å². The van der Waals surface area contributed by atoms with E-state index in [1.54, 1.807) is 0 Å². The number of hydrogen-bond acceptors (Lipinski definition) is 3. The van der Waals surface area contributed by atoms with E-state index in [0.29, 0.717) is 25.6 Å². The van der Waals surface area contributed by atoms with Gasteiger partial charge in [-0.15, -0.1) is 0 Å². The summed E-state index contributed by atoms with van der Waals surface area (Å²) in [4.78, 5) is 11.9. The van der Waals surface area contributed by atoms with Gasteiger partial charge in [-0.1, -0.05) is 19.4 Å². The second-order valence-corrected chi connectivity index (χ2v) is 6.36. The molecule has 3 aliphatic rings. The van der Waals surface area contributed by atoms with Crippen molar-refractivity contribution in [3.63, 3.8) is 0 Å². The van der Waals surface area contributed by atoms with Crippen LogP contribution in [-0.2, 0) is 14.3 Å². The Morgan fingerprint density at radius 1 is 1.33 bits per heavy atom. The van der Waals surface area contributed by atoms with Gasteiger partial charge in [-0.05, 0) is 30.8 Å². The van der Waals surface area contributed by atoms with Crippen molar-refractivity contribution in [1.82, 2.24) is 0 Å². The molecule has 0 unspecified atom stereocenters. The van der Waals surface area contributed by atoms with Gasteiger partial charge in [0.15, 0.2) is 11.6 Å². The Balaban J connectivity index is 1.98. The van der Waals surface area contributed by atoms with Gasteiger partial charge in [-0.3, -0.25) is 4.79 Å². The summed E-state index contributed by atoms with van der Waals surface area (Å²) in [5.41, 5.74) is 1.23. The first-order valence-corrected chi connectivity index (χ1v) is 6.97. The molecule has 3 atom stereocenters. The molecule has 0 amide bonds. The third kappa shape index (κ3) is 1.53. The topological polar surface area (TPSA) is 35.5 Å². The molecule has 1 spiro atoms. The third-order valence-electron chi connectivity index (χ3n) is 5.50. The molecular weight excluding hydrogens is 228 g/mol. The number of ketones is 1. The number of rotatable bonds is 0. The monoisotopic (exact) mass is 250 g/mol. The van der Waals surface area contributed by atoms with Crippen molar-refractivity contribution in [2.75, 3.05) is 13.2 Å². The quantitative estimate of drug-likeness (QED) is 0.663. The zero-order valence-corrected chi connectivity index (χ0v) is 11.5. The number of fused-ring (bicyclic) bond motifs is 1. The Bertz CT molecular complexity index is 406. The van der Waals surface area contributed by atoms with Gasteiger partial charge in [0.1, 0.15) is 0 Å². The molecule has 0 aromatic carbocycles. The van der Waals surface area contributed by atoms with Crippen molar-refractivity contribution >= 4 is 5.78 Å². The van der Waals surface area contributed by atoms with E-state index in [-0.39, 0.29) is 17.1 Å². The van der Waals surface area contributed by atoms with Gasteiger partial charge in [0, 0.05) is 18.8 Å². The van der Waals surface area contributed by atoms with Gasteiger partial charge in [0.2, 0.25) is 0 Å². The zero-order valence-electron chi connectivity index (χ0n) is 11.5. The van der Waals surface area contributed by atoms with Crippen molar-refractivity contribution in [3.8, 4) is 0 Å². The van der Waals surface area contributed by atoms with Crippen molar-refractivity contribution in [1.29, 1.82) is 0 Å². The lowest BCUT2D eigenvalue weighted by molar-refractivity contribution is -0.247. The molecule has 3 heteroatoms. The van der Waals surface area contributed by atoms with Gasteiger partial charge >= 0.3 is 0 Å². The molecule has 1 aliphatic heterocycles. The minimum absolute atomic E-state index is 0.0154. The Kier molecular flexibility index (Phi) is 2.69. The van der Waals surface area contributed by atoms with E-state index in [9.17, 15) is 4.79 Å². The maximum Gasteiger partial charge on any atom is 0.171 e. The summed E-state index contributed by atoms with van der Waals surface area (Å²) in [7, 11) is 0. The predicted octanol–water partition coefficient (Wildman–Crippen LogP) is 2.70. The fraction of sp³-hybridized carbons (Fsp3) is 0.800. The number of hydrogen-bond donors (Lipinski definition) is 0. The van der Waals surface area contributed by atoms with Crippen LogP contribution in [0.5, 0.6) is 0 Å². The highest BCUT2D eigenvalue weighted by Gasteiger charge is 2.58. The fourth-order valence-electron chi connectivity index (χ4n) is 4.37. The minimum atomic E-state index is -0.427. The van der Waals surface area contributed by atoms with Gasteiger partial charge < -0.3 is 9.47 Å². The molecule has 2 aliphatic carbocycles. The van der Waals surface area contributed by atoms with Crippen molar-refractivity contribution < 1.29 is 14.3 Å². The normalized spacial score (nSPS) is 42.8. The van der Waals surface area contributed by atoms with Crippen LogP contribution < -0.4 is 0 Å². The fourth-order valence-corrected chi connectivity index (χ4v) is 4.37. The molecule has 0 bridgehead atoms. The molecule has 0 aromatic heterocycles. The van der Waals surface area contributed by atoms with Crippen LogP contribution in [0.1, 0.15) is 40.0 Å². The van der Waals surface area contributed by atoms with E-state index < -0.39 is 5.79 Å². The van der Waals surface area contributed by atoms with Gasteiger partial charge in [0.25, 0.3) is 0 Å². The molecule has 3 nitrogen and oxygen atoms in total. The van der Waals surface area contributed by atoms with Gasteiger partial charge in [0.05, 0.1) is 13.2 Å². The average Bonchev–Trinajstić information content (AvgIpc) is 2.74. The third-order valence-corrected chi connectivity index (χ3v) is 5.50. The highest BCUT2D eigenvalue weighted by atomic mass is 16.7. The largest absolute Gasteiger partial charge is 0.347 e. The van der Waals surface area contributed by atoms with E-state index in [1.807, 2.05) is 6.08 Å². The first-order valence-electron chi connectivity index (χ1n) is 6.97. The number of ether oxygens (including phenoxy) is 2. The maximum atomic E-state index is 11.9. The number of allylic oxidation sites excluding steroid dienone is 2. The zero-order chi connectivity index (χ0) is 13.0. The van der Waals surface area contributed by atoms with Gasteiger partial charge in [-0.2, -0.15) is 0 Å². The van der Waals surface area contributed by atoms with Crippen LogP contribution in [-0.4, -0.2) is 24.8 Å². The number of carbonyl (C=O) groups excluding carboxylic acids is 1. The summed E-state index contributed by atoms with van der Waals surface area (Å²) < 4.78 is 11.9. The lowest BCUT2D eigenvalue weighted by atomic mass is 9.54. The van der Waals surface area contributed by atoms with E-state index in [1.165, 1.54) is 5.57 Å². The molecular formula is C15H22O3. The SMILES string of the molecule is CC1=CC(=O)C[C@]2(C)[C@@H]1CCC1(OCCO1)[C@H]2C. The van der Waals surface area contributed by atoms with E-state index in [0.717, 1.165) is 12.8 Å². The summed E-state index contributed by atoms with van der Waals surface area (Å²) >= 11 is 0. The second-order valence-electron chi connectivity index (χ2n) is 6.36. The van der Waals surface area contributed by atoms with Crippen LogP contribution in [0, 0.1) is 17.3 Å². The molecule has 18 heavy (non-hydrogen) atoms. The lowest BCUT2D eigenvalue weighted by Gasteiger charge is -2.54. The molecule has 0 radical (unpaired) electrons. The lowest BCUT2D eigenvalue weighted by Crippen LogP contribution is -2.55. The molecule has 2 fully saturated rings. The van der Waals surface area contributed by atoms with Crippen LogP contribution in [0.2, 0.25) is 0 Å². The van der Waals surface area contributed by atoms with Crippen LogP contribution in [0.15, 0.2) is 11.6 Å². The Morgan fingerprint density at radius 2 is 2.00 bits per heavy atom. The minimum Gasteiger partial charge on any atom is -0.347 e. The van der Waals surface area contributed by atoms with Gasteiger partial charge in [-0.25, -0.2) is 0 Å². The Labute approximate surface area is 109 Å². The standard InChI is InChI=1S/C15H22O3/c1-10-8-12(16)9-14(3)11(2)15(5-4-13(10)14)17-6-7-18-15/h8,11,13H,4-7,9H2,1-3H3/t11-,13+,14-/m0/s1. The summed E-state index contributed by atoms with van der Waals surface area (Å²) in [6.45, 7) is 7.91. The molecule has 100 valence electrons. The molecule has 1 saturated heterocycles. The molecule has 0 N–H and O–H groups in total.